The summed E-state index contributed by atoms with van der Waals surface area (Å²) in [7, 11) is 0. The molecular weight excluding hydrogens is 633 g/mol. The standard InChI is InChI=1S/C50H38S/c1-2-3-18-34-35-19-7-9-21-38(35)48(39-22-10-8-20-36(34)39)33-29-30-37-44-27-15-28-45(50(44)51-46(37)31-33)49-42-25-13-11-23-40(42)47(32-16-5-4-6-17-32)41-24-12-14-26-43(41)49/h4-17,19-31,35,38H,2-3,18H2,1H3. The molecule has 0 amide bonds. The molecule has 7 aromatic carbocycles. The zero-order valence-corrected chi connectivity index (χ0v) is 29.6. The van der Waals surface area contributed by atoms with Gasteiger partial charge in [0.05, 0.1) is 0 Å². The molecule has 0 aliphatic heterocycles. The fourth-order valence-corrected chi connectivity index (χ4v) is 10.3. The Bertz CT molecular complexity index is 2790. The second-order valence-corrected chi connectivity index (χ2v) is 15.2. The highest BCUT2D eigenvalue weighted by Gasteiger charge is 2.31. The van der Waals surface area contributed by atoms with Gasteiger partial charge < -0.3 is 0 Å². The molecule has 2 aliphatic carbocycles. The van der Waals surface area contributed by atoms with Crippen LogP contribution in [0.25, 0.3) is 75.1 Å². The molecule has 0 bridgehead atoms. The van der Waals surface area contributed by atoms with E-state index in [9.17, 15) is 0 Å². The molecule has 0 fully saturated rings. The molecular formula is C50H38S. The van der Waals surface area contributed by atoms with Crippen molar-refractivity contribution in [3.05, 3.63) is 180 Å². The Kier molecular flexibility index (Phi) is 7.36. The third kappa shape index (κ3) is 4.79. The molecule has 0 nitrogen and oxygen atoms in total. The van der Waals surface area contributed by atoms with Gasteiger partial charge in [-0.3, -0.25) is 0 Å². The van der Waals surface area contributed by atoms with E-state index in [2.05, 4.69) is 171 Å². The minimum Gasteiger partial charge on any atom is -0.135 e. The van der Waals surface area contributed by atoms with Crippen LogP contribution in [-0.4, -0.2) is 0 Å². The molecule has 51 heavy (non-hydrogen) atoms. The zero-order chi connectivity index (χ0) is 33.9. The van der Waals surface area contributed by atoms with E-state index in [1.54, 1.807) is 5.57 Å². The van der Waals surface area contributed by atoms with Crippen LogP contribution in [0.2, 0.25) is 0 Å². The van der Waals surface area contributed by atoms with Crippen molar-refractivity contribution in [2.24, 2.45) is 11.8 Å². The molecule has 0 N–H and O–H groups in total. The molecule has 10 rings (SSSR count). The lowest BCUT2D eigenvalue weighted by molar-refractivity contribution is 0.650. The number of unbranched alkanes of at least 4 members (excludes halogenated alkanes) is 1. The number of benzene rings is 7. The maximum atomic E-state index is 2.49. The molecule has 1 heterocycles. The van der Waals surface area contributed by atoms with Crippen LogP contribution >= 0.6 is 11.3 Å². The molecule has 2 atom stereocenters. The van der Waals surface area contributed by atoms with E-state index in [-0.39, 0.29) is 0 Å². The Morgan fingerprint density at radius 3 is 1.86 bits per heavy atom. The summed E-state index contributed by atoms with van der Waals surface area (Å²) in [6.45, 7) is 2.30. The fraction of sp³-hybridized carbons (Fsp3) is 0.120. The summed E-state index contributed by atoms with van der Waals surface area (Å²) < 4.78 is 2.71. The molecule has 8 aromatic rings. The average molecular weight is 671 g/mol. The van der Waals surface area contributed by atoms with Crippen molar-refractivity contribution in [3.8, 4) is 22.3 Å². The summed E-state index contributed by atoms with van der Waals surface area (Å²) in [4.78, 5) is 0. The first-order chi connectivity index (χ1) is 25.3. The molecule has 2 unspecified atom stereocenters. The number of hydrogen-bond acceptors (Lipinski definition) is 1. The Hall–Kier alpha value is -5.50. The molecule has 244 valence electrons. The average Bonchev–Trinajstić information content (AvgIpc) is 3.57. The number of thiophene rings is 1. The van der Waals surface area contributed by atoms with E-state index in [1.165, 1.54) is 98.4 Å². The van der Waals surface area contributed by atoms with Crippen molar-refractivity contribution >= 4 is 64.2 Å². The molecule has 0 spiro atoms. The van der Waals surface area contributed by atoms with Crippen LogP contribution in [0.3, 0.4) is 0 Å². The summed E-state index contributed by atoms with van der Waals surface area (Å²) in [6.07, 6.45) is 13.0. The van der Waals surface area contributed by atoms with Crippen LogP contribution < -0.4 is 10.4 Å². The third-order valence-corrected chi connectivity index (χ3v) is 12.5. The van der Waals surface area contributed by atoms with Gasteiger partial charge in [-0.15, -0.1) is 11.3 Å². The number of hydrogen-bond donors (Lipinski definition) is 0. The van der Waals surface area contributed by atoms with Crippen molar-refractivity contribution in [2.75, 3.05) is 0 Å². The second kappa shape index (κ2) is 12.4. The molecule has 1 heteroatoms. The minimum atomic E-state index is 0.347. The molecule has 0 saturated heterocycles. The maximum Gasteiger partial charge on any atom is 0.0434 e. The topological polar surface area (TPSA) is 0 Å². The minimum absolute atomic E-state index is 0.347. The van der Waals surface area contributed by atoms with E-state index in [1.807, 2.05) is 11.3 Å². The molecule has 2 aliphatic rings. The molecule has 0 radical (unpaired) electrons. The highest BCUT2D eigenvalue weighted by Crippen LogP contribution is 2.48. The first-order valence-electron chi connectivity index (χ1n) is 18.4. The van der Waals surface area contributed by atoms with Crippen LogP contribution in [0.4, 0.5) is 0 Å². The monoisotopic (exact) mass is 670 g/mol. The number of allylic oxidation sites excluding steroid dienone is 4. The summed E-state index contributed by atoms with van der Waals surface area (Å²) >= 11 is 1.95. The largest absolute Gasteiger partial charge is 0.135 e. The Labute approximate surface area is 303 Å². The highest BCUT2D eigenvalue weighted by atomic mass is 32.1. The van der Waals surface area contributed by atoms with E-state index >= 15 is 0 Å². The first kappa shape index (κ1) is 30.3. The van der Waals surface area contributed by atoms with E-state index < -0.39 is 0 Å². The van der Waals surface area contributed by atoms with Gasteiger partial charge in [-0.1, -0.05) is 177 Å². The fourth-order valence-electron chi connectivity index (χ4n) is 9.09. The van der Waals surface area contributed by atoms with Crippen LogP contribution in [0, 0.1) is 11.8 Å². The Morgan fingerprint density at radius 1 is 0.510 bits per heavy atom. The van der Waals surface area contributed by atoms with Gasteiger partial charge >= 0.3 is 0 Å². The van der Waals surface area contributed by atoms with E-state index in [0.717, 1.165) is 6.42 Å². The van der Waals surface area contributed by atoms with Crippen molar-refractivity contribution in [1.29, 1.82) is 0 Å². The summed E-state index contributed by atoms with van der Waals surface area (Å²) in [5.41, 5.74) is 9.61. The maximum absolute atomic E-state index is 2.49. The normalized spacial score (nSPS) is 16.7. The van der Waals surface area contributed by atoms with Gasteiger partial charge in [0.25, 0.3) is 0 Å². The van der Waals surface area contributed by atoms with Crippen molar-refractivity contribution in [1.82, 2.24) is 0 Å². The van der Waals surface area contributed by atoms with Gasteiger partial charge in [-0.25, -0.2) is 0 Å². The Morgan fingerprint density at radius 2 is 1.14 bits per heavy atom. The highest BCUT2D eigenvalue weighted by molar-refractivity contribution is 7.26. The van der Waals surface area contributed by atoms with Gasteiger partial charge in [0.15, 0.2) is 0 Å². The quantitative estimate of drug-likeness (QED) is 0.154. The summed E-state index contributed by atoms with van der Waals surface area (Å²) in [5, 5.41) is 10.7. The van der Waals surface area contributed by atoms with Crippen molar-refractivity contribution in [2.45, 2.75) is 26.2 Å². The predicted octanol–water partition coefficient (Wildman–Crippen LogP) is 12.6. The van der Waals surface area contributed by atoms with Crippen LogP contribution in [0.5, 0.6) is 0 Å². The lowest BCUT2D eigenvalue weighted by Crippen LogP contribution is -2.39. The third-order valence-electron chi connectivity index (χ3n) is 11.3. The summed E-state index contributed by atoms with van der Waals surface area (Å²) in [5.74, 6) is 0.761. The lowest BCUT2D eigenvalue weighted by atomic mass is 9.70. The number of rotatable bonds is 6. The first-order valence-corrected chi connectivity index (χ1v) is 19.2. The SMILES string of the molecule is CCCCC1=c2ccccc2=C(c2ccc3c(c2)sc2c(-c4c5ccccc5c(-c5ccccc5)c5ccccc45)cccc23)C2C=CC=CC12. The second-order valence-electron chi connectivity index (χ2n) is 14.1. The summed E-state index contributed by atoms with van der Waals surface area (Å²) in [6, 6.07) is 52.3. The van der Waals surface area contributed by atoms with Gasteiger partial charge in [0.2, 0.25) is 0 Å². The van der Waals surface area contributed by atoms with E-state index in [4.69, 9.17) is 0 Å². The van der Waals surface area contributed by atoms with Crippen LogP contribution in [0.1, 0.15) is 31.7 Å². The van der Waals surface area contributed by atoms with Gasteiger partial charge in [0.1, 0.15) is 0 Å². The smallest absolute Gasteiger partial charge is 0.0434 e. The van der Waals surface area contributed by atoms with Gasteiger partial charge in [0, 0.05) is 37.6 Å². The number of fused-ring (bicyclic) bond motifs is 7. The predicted molar refractivity (Wildman–Crippen MR) is 222 cm³/mol. The van der Waals surface area contributed by atoms with Crippen LogP contribution in [0.15, 0.2) is 164 Å². The van der Waals surface area contributed by atoms with E-state index in [0.29, 0.717) is 11.8 Å². The molecule has 0 saturated carbocycles. The van der Waals surface area contributed by atoms with Gasteiger partial charge in [-0.2, -0.15) is 0 Å². The zero-order valence-electron chi connectivity index (χ0n) is 28.8. The van der Waals surface area contributed by atoms with Crippen molar-refractivity contribution < 1.29 is 0 Å². The van der Waals surface area contributed by atoms with Crippen molar-refractivity contribution in [3.63, 3.8) is 0 Å². The van der Waals surface area contributed by atoms with Gasteiger partial charge in [-0.05, 0) is 78.7 Å². The lowest BCUT2D eigenvalue weighted by Gasteiger charge is -2.33. The van der Waals surface area contributed by atoms with Crippen LogP contribution in [-0.2, 0) is 0 Å². The molecule has 1 aromatic heterocycles. The Balaban J connectivity index is 1.22.